The molecule has 0 atom stereocenters. The normalized spacial score (nSPS) is 9.71. The molecular formula is C11H14N2O4. The minimum Gasteiger partial charge on any atom is -0.481 e. The van der Waals surface area contributed by atoms with Crippen molar-refractivity contribution < 1.29 is 19.4 Å². The second-order valence-corrected chi connectivity index (χ2v) is 3.29. The zero-order chi connectivity index (χ0) is 12.7. The molecule has 0 saturated heterocycles. The van der Waals surface area contributed by atoms with Crippen LogP contribution >= 0.6 is 0 Å². The number of ether oxygens (including phenoxy) is 1. The highest BCUT2D eigenvalue weighted by molar-refractivity contribution is 5.88. The summed E-state index contributed by atoms with van der Waals surface area (Å²) < 4.78 is 5.10. The first-order chi connectivity index (χ1) is 8.15. The predicted molar refractivity (Wildman–Crippen MR) is 60.0 cm³/mol. The van der Waals surface area contributed by atoms with Gasteiger partial charge in [-0.15, -0.1) is 0 Å². The van der Waals surface area contributed by atoms with Crippen LogP contribution < -0.4 is 10.1 Å². The Bertz CT molecular complexity index is 406. The highest BCUT2D eigenvalue weighted by atomic mass is 16.5. The number of nitrogens with one attached hydrogen (secondary N) is 1. The summed E-state index contributed by atoms with van der Waals surface area (Å²) >= 11 is 0. The summed E-state index contributed by atoms with van der Waals surface area (Å²) in [5.74, 6) is -1.38. The molecule has 17 heavy (non-hydrogen) atoms. The fourth-order valence-corrected chi connectivity index (χ4v) is 1.13. The van der Waals surface area contributed by atoms with Crippen molar-refractivity contribution in [1.82, 2.24) is 10.3 Å². The van der Waals surface area contributed by atoms with Crippen LogP contribution in [-0.2, 0) is 4.79 Å². The maximum Gasteiger partial charge on any atom is 0.358 e. The monoisotopic (exact) mass is 238 g/mol. The molecule has 1 amide bonds. The van der Waals surface area contributed by atoms with Crippen molar-refractivity contribution >= 4 is 11.9 Å². The van der Waals surface area contributed by atoms with E-state index in [-0.39, 0.29) is 24.0 Å². The van der Waals surface area contributed by atoms with Gasteiger partial charge < -0.3 is 15.2 Å². The molecule has 0 aromatic carbocycles. The van der Waals surface area contributed by atoms with Crippen LogP contribution in [0, 0.1) is 0 Å². The minimum absolute atomic E-state index is 0.0895. The van der Waals surface area contributed by atoms with Gasteiger partial charge in [0, 0.05) is 12.7 Å². The lowest BCUT2D eigenvalue weighted by atomic mass is 10.3. The van der Waals surface area contributed by atoms with E-state index in [0.29, 0.717) is 6.54 Å². The van der Waals surface area contributed by atoms with Crippen molar-refractivity contribution in [2.75, 3.05) is 13.2 Å². The summed E-state index contributed by atoms with van der Waals surface area (Å²) in [5, 5.41) is 11.4. The molecule has 1 rings (SSSR count). The molecule has 2 N–H and O–H groups in total. The van der Waals surface area contributed by atoms with Crippen LogP contribution in [-0.4, -0.2) is 35.1 Å². The summed E-state index contributed by atoms with van der Waals surface area (Å²) in [6, 6.07) is 3.01. The van der Waals surface area contributed by atoms with E-state index in [2.05, 4.69) is 10.3 Å². The summed E-state index contributed by atoms with van der Waals surface area (Å²) in [6.45, 7) is 2.29. The highest BCUT2D eigenvalue weighted by Gasteiger charge is 2.13. The highest BCUT2D eigenvalue weighted by Crippen LogP contribution is 2.14. The lowest BCUT2D eigenvalue weighted by Crippen LogP contribution is -2.29. The number of carboxylic acid groups (broad SMARTS) is 1. The topological polar surface area (TPSA) is 88.5 Å². The number of pyridine rings is 1. The summed E-state index contributed by atoms with van der Waals surface area (Å²) in [5.41, 5.74) is -0.198. The number of amides is 1. The fraction of sp³-hybridized carbons (Fsp3) is 0.364. The van der Waals surface area contributed by atoms with Gasteiger partial charge in [-0.05, 0) is 18.6 Å². The lowest BCUT2D eigenvalue weighted by molar-refractivity contribution is -0.123. The third-order valence-electron chi connectivity index (χ3n) is 1.90. The predicted octanol–water partition coefficient (Wildman–Crippen LogP) is 0.685. The van der Waals surface area contributed by atoms with E-state index < -0.39 is 5.97 Å². The van der Waals surface area contributed by atoms with Gasteiger partial charge in [0.25, 0.3) is 5.91 Å². The third kappa shape index (κ3) is 4.10. The van der Waals surface area contributed by atoms with Crippen molar-refractivity contribution in [3.05, 3.63) is 24.0 Å². The molecule has 6 heteroatoms. The molecule has 0 aliphatic heterocycles. The molecule has 0 spiro atoms. The number of aromatic nitrogens is 1. The molecule has 0 fully saturated rings. The van der Waals surface area contributed by atoms with Crippen molar-refractivity contribution in [2.45, 2.75) is 13.3 Å². The smallest absolute Gasteiger partial charge is 0.358 e. The van der Waals surface area contributed by atoms with E-state index in [0.717, 1.165) is 6.42 Å². The Kier molecular flexibility index (Phi) is 4.93. The molecular weight excluding hydrogens is 224 g/mol. The number of hydrogen-bond acceptors (Lipinski definition) is 4. The lowest BCUT2D eigenvalue weighted by Gasteiger charge is -2.08. The van der Waals surface area contributed by atoms with E-state index in [1.54, 1.807) is 6.07 Å². The first kappa shape index (κ1) is 13.0. The molecule has 1 aromatic heterocycles. The molecule has 1 aromatic rings. The van der Waals surface area contributed by atoms with E-state index in [9.17, 15) is 9.59 Å². The Labute approximate surface area is 98.6 Å². The van der Waals surface area contributed by atoms with Gasteiger partial charge >= 0.3 is 5.97 Å². The SMILES string of the molecule is CCCNC(=O)COc1cccnc1C(=O)O. The molecule has 0 bridgehead atoms. The first-order valence-corrected chi connectivity index (χ1v) is 5.23. The van der Waals surface area contributed by atoms with E-state index in [1.807, 2.05) is 6.92 Å². The summed E-state index contributed by atoms with van der Waals surface area (Å²) in [4.78, 5) is 25.7. The van der Waals surface area contributed by atoms with Crippen molar-refractivity contribution in [1.29, 1.82) is 0 Å². The van der Waals surface area contributed by atoms with Crippen LogP contribution in [0.2, 0.25) is 0 Å². The number of rotatable bonds is 6. The second kappa shape index (κ2) is 6.47. The zero-order valence-corrected chi connectivity index (χ0v) is 9.47. The van der Waals surface area contributed by atoms with E-state index in [4.69, 9.17) is 9.84 Å². The molecule has 0 aliphatic carbocycles. The first-order valence-electron chi connectivity index (χ1n) is 5.23. The van der Waals surface area contributed by atoms with Gasteiger partial charge in [0.15, 0.2) is 18.1 Å². The molecule has 0 saturated carbocycles. The van der Waals surface area contributed by atoms with Crippen LogP contribution in [0.3, 0.4) is 0 Å². The van der Waals surface area contributed by atoms with Crippen LogP contribution in [0.1, 0.15) is 23.8 Å². The van der Waals surface area contributed by atoms with Crippen LogP contribution in [0.5, 0.6) is 5.75 Å². The van der Waals surface area contributed by atoms with Gasteiger partial charge in [-0.2, -0.15) is 0 Å². The minimum atomic E-state index is -1.19. The Morgan fingerprint density at radius 3 is 2.94 bits per heavy atom. The summed E-state index contributed by atoms with van der Waals surface area (Å²) in [7, 11) is 0. The van der Waals surface area contributed by atoms with Crippen molar-refractivity contribution in [3.8, 4) is 5.75 Å². The van der Waals surface area contributed by atoms with Gasteiger partial charge in [0.05, 0.1) is 0 Å². The average molecular weight is 238 g/mol. The average Bonchev–Trinajstić information content (AvgIpc) is 2.34. The Balaban J connectivity index is 2.57. The van der Waals surface area contributed by atoms with Gasteiger partial charge in [-0.1, -0.05) is 6.92 Å². The van der Waals surface area contributed by atoms with Crippen LogP contribution in [0.25, 0.3) is 0 Å². The quantitative estimate of drug-likeness (QED) is 0.761. The molecule has 0 unspecified atom stereocenters. The summed E-state index contributed by atoms with van der Waals surface area (Å²) in [6.07, 6.45) is 2.19. The Hall–Kier alpha value is -2.11. The number of carboxylic acids is 1. The number of hydrogen-bond donors (Lipinski definition) is 2. The van der Waals surface area contributed by atoms with Gasteiger partial charge in [0.1, 0.15) is 0 Å². The van der Waals surface area contributed by atoms with E-state index in [1.165, 1.54) is 12.3 Å². The largest absolute Gasteiger partial charge is 0.481 e. The van der Waals surface area contributed by atoms with Crippen molar-refractivity contribution in [3.63, 3.8) is 0 Å². The molecule has 0 aliphatic rings. The Morgan fingerprint density at radius 1 is 1.53 bits per heavy atom. The molecule has 0 radical (unpaired) electrons. The van der Waals surface area contributed by atoms with Gasteiger partial charge in [-0.3, -0.25) is 4.79 Å². The standard InChI is InChI=1S/C11H14N2O4/c1-2-5-12-9(14)7-17-8-4-3-6-13-10(8)11(15)16/h3-4,6H,2,5,7H2,1H3,(H,12,14)(H,15,16). The number of carbonyl (C=O) groups is 2. The van der Waals surface area contributed by atoms with Gasteiger partial charge in [-0.25, -0.2) is 9.78 Å². The third-order valence-corrected chi connectivity index (χ3v) is 1.90. The number of aromatic carboxylic acids is 1. The molecule has 1 heterocycles. The second-order valence-electron chi connectivity index (χ2n) is 3.29. The van der Waals surface area contributed by atoms with Crippen molar-refractivity contribution in [2.24, 2.45) is 0 Å². The maximum absolute atomic E-state index is 11.3. The molecule has 92 valence electrons. The molecule has 6 nitrogen and oxygen atoms in total. The maximum atomic E-state index is 11.3. The van der Waals surface area contributed by atoms with Crippen LogP contribution in [0.4, 0.5) is 0 Å². The zero-order valence-electron chi connectivity index (χ0n) is 9.47. The fourth-order valence-electron chi connectivity index (χ4n) is 1.13. The number of nitrogens with zero attached hydrogens (tertiary/aromatic N) is 1. The Morgan fingerprint density at radius 2 is 2.29 bits per heavy atom. The number of carbonyl (C=O) groups excluding carboxylic acids is 1. The van der Waals surface area contributed by atoms with Gasteiger partial charge in [0.2, 0.25) is 0 Å². The van der Waals surface area contributed by atoms with E-state index >= 15 is 0 Å². The van der Waals surface area contributed by atoms with Crippen LogP contribution in [0.15, 0.2) is 18.3 Å².